The Labute approximate surface area is 174 Å². The van der Waals surface area contributed by atoms with Gasteiger partial charge in [-0.3, -0.25) is 15.0 Å². The van der Waals surface area contributed by atoms with Crippen LogP contribution in [0.15, 0.2) is 41.3 Å². The predicted octanol–water partition coefficient (Wildman–Crippen LogP) is 1.38. The van der Waals surface area contributed by atoms with Gasteiger partial charge in [0.1, 0.15) is 13.2 Å². The van der Waals surface area contributed by atoms with E-state index in [1.165, 1.54) is 31.2 Å². The molecule has 0 aromatic heterocycles. The van der Waals surface area contributed by atoms with Gasteiger partial charge in [0.25, 0.3) is 15.9 Å². The quantitative estimate of drug-likeness (QED) is 0.707. The molecule has 158 valence electrons. The van der Waals surface area contributed by atoms with E-state index >= 15 is 0 Å². The standard InChI is InChI=1S/C20H21N3O6S/c1-12-9-15-10-16(4-5-17(15)23(12)13(2)24)30(26,27)22-21-20(25)14-3-6-18-19(11-14)29-8-7-28-18/h3-6,10-12,22H,7-9H2,1-2H3,(H,21,25). The van der Waals surface area contributed by atoms with Crippen molar-refractivity contribution in [1.29, 1.82) is 0 Å². The van der Waals surface area contributed by atoms with Gasteiger partial charge in [-0.15, -0.1) is 4.83 Å². The number of ether oxygens (including phenoxy) is 2. The van der Waals surface area contributed by atoms with Crippen molar-refractivity contribution in [3.8, 4) is 11.5 Å². The van der Waals surface area contributed by atoms with Crippen LogP contribution in [0.5, 0.6) is 11.5 Å². The highest BCUT2D eigenvalue weighted by molar-refractivity contribution is 7.89. The van der Waals surface area contributed by atoms with Crippen molar-refractivity contribution in [2.75, 3.05) is 18.1 Å². The number of rotatable bonds is 4. The van der Waals surface area contributed by atoms with E-state index < -0.39 is 15.9 Å². The Hall–Kier alpha value is -3.11. The molecule has 1 atom stereocenters. The highest BCUT2D eigenvalue weighted by Gasteiger charge is 2.30. The van der Waals surface area contributed by atoms with E-state index in [1.807, 2.05) is 6.92 Å². The van der Waals surface area contributed by atoms with E-state index in [4.69, 9.17) is 9.47 Å². The fraction of sp³-hybridized carbons (Fsp3) is 0.300. The van der Waals surface area contributed by atoms with Crippen LogP contribution in [0.2, 0.25) is 0 Å². The summed E-state index contributed by atoms with van der Waals surface area (Å²) in [5.41, 5.74) is 3.90. The Morgan fingerprint density at radius 2 is 1.80 bits per heavy atom. The van der Waals surface area contributed by atoms with Crippen molar-refractivity contribution in [2.24, 2.45) is 0 Å². The molecule has 0 bridgehead atoms. The number of sulfonamides is 1. The molecule has 2 amide bonds. The van der Waals surface area contributed by atoms with Gasteiger partial charge in [-0.25, -0.2) is 8.42 Å². The van der Waals surface area contributed by atoms with Gasteiger partial charge in [0, 0.05) is 24.2 Å². The molecular weight excluding hydrogens is 410 g/mol. The number of amides is 2. The van der Waals surface area contributed by atoms with Gasteiger partial charge >= 0.3 is 0 Å². The van der Waals surface area contributed by atoms with E-state index in [-0.39, 0.29) is 22.4 Å². The first-order valence-corrected chi connectivity index (χ1v) is 10.9. The number of anilines is 1. The molecule has 0 spiro atoms. The highest BCUT2D eigenvalue weighted by atomic mass is 32.2. The lowest BCUT2D eigenvalue weighted by Crippen LogP contribution is -2.41. The molecule has 10 heteroatoms. The molecule has 2 N–H and O–H groups in total. The SMILES string of the molecule is CC(=O)N1c2ccc(S(=O)(=O)NNC(=O)c3ccc4c(c3)OCCO4)cc2CC1C. The summed E-state index contributed by atoms with van der Waals surface area (Å²) in [4.78, 5) is 28.0. The zero-order valence-corrected chi connectivity index (χ0v) is 17.3. The predicted molar refractivity (Wildman–Crippen MR) is 108 cm³/mol. The third-order valence-electron chi connectivity index (χ3n) is 5.02. The van der Waals surface area contributed by atoms with Crippen molar-refractivity contribution >= 4 is 27.5 Å². The van der Waals surface area contributed by atoms with Crippen LogP contribution in [0.4, 0.5) is 5.69 Å². The van der Waals surface area contributed by atoms with Crippen LogP contribution in [0.3, 0.4) is 0 Å². The molecule has 1 unspecified atom stereocenters. The van der Waals surface area contributed by atoms with Gasteiger partial charge in [0.15, 0.2) is 11.5 Å². The van der Waals surface area contributed by atoms with Gasteiger partial charge in [-0.2, -0.15) is 0 Å². The molecule has 30 heavy (non-hydrogen) atoms. The van der Waals surface area contributed by atoms with E-state index in [9.17, 15) is 18.0 Å². The lowest BCUT2D eigenvalue weighted by atomic mass is 10.1. The van der Waals surface area contributed by atoms with Crippen LogP contribution >= 0.6 is 0 Å². The number of hydrazine groups is 1. The molecule has 2 heterocycles. The van der Waals surface area contributed by atoms with Gasteiger partial charge in [0.2, 0.25) is 5.91 Å². The Bertz CT molecular complexity index is 1130. The van der Waals surface area contributed by atoms with E-state index in [1.54, 1.807) is 17.0 Å². The zero-order valence-electron chi connectivity index (χ0n) is 16.5. The first-order valence-electron chi connectivity index (χ1n) is 9.41. The minimum absolute atomic E-state index is 0.00123. The fourth-order valence-electron chi connectivity index (χ4n) is 3.68. The summed E-state index contributed by atoms with van der Waals surface area (Å²) in [6, 6.07) is 9.10. The molecule has 2 aromatic carbocycles. The fourth-order valence-corrected chi connectivity index (χ4v) is 4.57. The summed E-state index contributed by atoms with van der Waals surface area (Å²) in [6.45, 7) is 4.19. The molecule has 0 radical (unpaired) electrons. The van der Waals surface area contributed by atoms with Gasteiger partial charge in [0.05, 0.1) is 4.90 Å². The largest absolute Gasteiger partial charge is 0.486 e. The van der Waals surface area contributed by atoms with Gasteiger partial charge < -0.3 is 14.4 Å². The number of carbonyl (C=O) groups is 2. The second kappa shape index (κ2) is 7.62. The molecule has 2 aliphatic heterocycles. The summed E-state index contributed by atoms with van der Waals surface area (Å²) in [5.74, 6) is 0.236. The second-order valence-electron chi connectivity index (χ2n) is 7.15. The van der Waals surface area contributed by atoms with Gasteiger partial charge in [-0.05, 0) is 55.3 Å². The van der Waals surface area contributed by atoms with Crippen molar-refractivity contribution in [3.05, 3.63) is 47.5 Å². The Morgan fingerprint density at radius 1 is 1.07 bits per heavy atom. The molecule has 0 saturated carbocycles. The summed E-state index contributed by atoms with van der Waals surface area (Å²) < 4.78 is 36.1. The number of nitrogens with one attached hydrogen (secondary N) is 2. The molecule has 0 aliphatic carbocycles. The second-order valence-corrected chi connectivity index (χ2v) is 8.83. The maximum atomic E-state index is 12.6. The third kappa shape index (κ3) is 3.71. The topological polar surface area (TPSA) is 114 Å². The minimum Gasteiger partial charge on any atom is -0.486 e. The van der Waals surface area contributed by atoms with Crippen LogP contribution in [-0.2, 0) is 21.2 Å². The molecule has 4 rings (SSSR count). The first kappa shape index (κ1) is 20.2. The third-order valence-corrected chi connectivity index (χ3v) is 6.26. The number of fused-ring (bicyclic) bond motifs is 2. The molecular formula is C20H21N3O6S. The van der Waals surface area contributed by atoms with E-state index in [2.05, 4.69) is 10.3 Å². The summed E-state index contributed by atoms with van der Waals surface area (Å²) >= 11 is 0. The van der Waals surface area contributed by atoms with Crippen LogP contribution in [0, 0.1) is 0 Å². The van der Waals surface area contributed by atoms with Crippen LogP contribution < -0.4 is 24.6 Å². The Balaban J connectivity index is 1.48. The average molecular weight is 431 g/mol. The van der Waals surface area contributed by atoms with Crippen LogP contribution in [-0.4, -0.2) is 39.5 Å². The van der Waals surface area contributed by atoms with Crippen LogP contribution in [0.25, 0.3) is 0 Å². The lowest BCUT2D eigenvalue weighted by Gasteiger charge is -2.20. The smallest absolute Gasteiger partial charge is 0.266 e. The van der Waals surface area contributed by atoms with E-state index in [0.717, 1.165) is 5.56 Å². The van der Waals surface area contributed by atoms with E-state index in [0.29, 0.717) is 36.8 Å². The maximum Gasteiger partial charge on any atom is 0.266 e. The molecule has 2 aromatic rings. The monoisotopic (exact) mass is 431 g/mol. The highest BCUT2D eigenvalue weighted by Crippen LogP contribution is 2.34. The summed E-state index contributed by atoms with van der Waals surface area (Å²) in [5, 5.41) is 0. The Morgan fingerprint density at radius 3 is 2.53 bits per heavy atom. The minimum atomic E-state index is -4.00. The number of hydrogen-bond acceptors (Lipinski definition) is 6. The molecule has 9 nitrogen and oxygen atoms in total. The van der Waals surface area contributed by atoms with Crippen molar-refractivity contribution in [3.63, 3.8) is 0 Å². The molecule has 0 fully saturated rings. The number of hydrogen-bond donors (Lipinski definition) is 2. The summed E-state index contributed by atoms with van der Waals surface area (Å²) in [6.07, 6.45) is 0.557. The number of nitrogens with zero attached hydrogens (tertiary/aromatic N) is 1. The van der Waals surface area contributed by atoms with Gasteiger partial charge in [-0.1, -0.05) is 0 Å². The average Bonchev–Trinajstić information content (AvgIpc) is 3.06. The summed E-state index contributed by atoms with van der Waals surface area (Å²) in [7, 11) is -4.00. The number of carbonyl (C=O) groups excluding carboxylic acids is 2. The molecule has 2 aliphatic rings. The van der Waals surface area contributed by atoms with Crippen molar-refractivity contribution in [1.82, 2.24) is 10.3 Å². The van der Waals surface area contributed by atoms with Crippen molar-refractivity contribution in [2.45, 2.75) is 31.2 Å². The maximum absolute atomic E-state index is 12.6. The van der Waals surface area contributed by atoms with Crippen molar-refractivity contribution < 1.29 is 27.5 Å². The lowest BCUT2D eigenvalue weighted by molar-refractivity contribution is -0.116. The number of benzene rings is 2. The normalized spacial score (nSPS) is 17.4. The van der Waals surface area contributed by atoms with Crippen LogP contribution in [0.1, 0.15) is 29.8 Å². The Kier molecular flexibility index (Phi) is 5.12. The zero-order chi connectivity index (χ0) is 21.5. The molecule has 0 saturated heterocycles. The first-order chi connectivity index (χ1) is 14.3.